The zero-order valence-corrected chi connectivity index (χ0v) is 20.8. The summed E-state index contributed by atoms with van der Waals surface area (Å²) in [4.78, 5) is 0. The maximum Gasteiger partial charge on any atom is 0.380 e. The molecule has 0 heterocycles. The molecule has 0 N–H and O–H groups in total. The Balaban J connectivity index is 1.50. The predicted molar refractivity (Wildman–Crippen MR) is 131 cm³/mol. The molecule has 2 aromatic rings. The van der Waals surface area contributed by atoms with Crippen molar-refractivity contribution >= 4 is 39.9 Å². The van der Waals surface area contributed by atoms with Crippen LogP contribution in [0.2, 0.25) is 0 Å². The van der Waals surface area contributed by atoms with Crippen LogP contribution in [0.3, 0.4) is 0 Å². The predicted octanol–water partition coefficient (Wildman–Crippen LogP) is 9.21. The lowest BCUT2D eigenvalue weighted by atomic mass is 10.1. The molecule has 0 unspecified atom stereocenters. The van der Waals surface area contributed by atoms with Gasteiger partial charge in [-0.15, -0.1) is 0 Å². The van der Waals surface area contributed by atoms with Crippen LogP contribution in [0.5, 0.6) is 11.5 Å². The highest BCUT2D eigenvalue weighted by molar-refractivity contribution is 8.05. The first-order chi connectivity index (χ1) is 15.5. The number of hydrogen-bond acceptors (Lipinski definition) is 6. The highest BCUT2D eigenvalue weighted by Gasteiger charge is 2.12. The molecule has 6 nitrogen and oxygen atoms in total. The van der Waals surface area contributed by atoms with E-state index in [0.717, 1.165) is 55.0 Å². The number of unbranched alkanes of at least 4 members (excludes halogenated alkanes) is 7. The number of methoxy groups -OCH3 is 1. The van der Waals surface area contributed by atoms with Gasteiger partial charge in [-0.3, -0.25) is 4.57 Å². The fraction of sp³-hybridized carbons (Fsp3) is 0.478. The number of benzene rings is 2. The minimum absolute atomic E-state index is 0.355. The minimum Gasteiger partial charge on any atom is -0.497 e. The number of nitrogens with zero attached hydrogens (tertiary/aromatic N) is 2. The molecule has 0 spiro atoms. The summed E-state index contributed by atoms with van der Waals surface area (Å²) in [6, 6.07) is 15.1. The third-order valence-electron chi connectivity index (χ3n) is 4.74. The van der Waals surface area contributed by atoms with Gasteiger partial charge in [0.2, 0.25) is 0 Å². The van der Waals surface area contributed by atoms with Crippen molar-refractivity contribution in [3.63, 3.8) is 0 Å². The van der Waals surface area contributed by atoms with Crippen molar-refractivity contribution in [1.29, 1.82) is 0 Å². The molecular weight excluding hydrogens is 470 g/mol. The van der Waals surface area contributed by atoms with Crippen LogP contribution in [0.4, 0.5) is 11.4 Å². The van der Waals surface area contributed by atoms with Crippen LogP contribution in [0, 0.1) is 0 Å². The van der Waals surface area contributed by atoms with Crippen molar-refractivity contribution in [2.75, 3.05) is 20.3 Å². The van der Waals surface area contributed by atoms with Gasteiger partial charge in [0, 0.05) is 0 Å². The van der Waals surface area contributed by atoms with E-state index in [2.05, 4.69) is 10.2 Å². The molecule has 9 heteroatoms. The molecule has 32 heavy (non-hydrogen) atoms. The average Bonchev–Trinajstić information content (AvgIpc) is 2.79. The van der Waals surface area contributed by atoms with Crippen molar-refractivity contribution < 1.29 is 18.6 Å². The second kappa shape index (κ2) is 15.3. The summed E-state index contributed by atoms with van der Waals surface area (Å²) in [5.74, 6) is 1.63. The van der Waals surface area contributed by atoms with E-state index in [1.807, 2.05) is 48.5 Å². The van der Waals surface area contributed by atoms with Crippen molar-refractivity contribution in [1.82, 2.24) is 0 Å². The molecule has 0 aliphatic heterocycles. The Morgan fingerprint density at radius 2 is 1.12 bits per heavy atom. The van der Waals surface area contributed by atoms with E-state index in [4.69, 9.17) is 36.5 Å². The number of rotatable bonds is 16. The fourth-order valence-corrected chi connectivity index (χ4v) is 3.75. The van der Waals surface area contributed by atoms with Crippen LogP contribution in [-0.4, -0.2) is 20.3 Å². The van der Waals surface area contributed by atoms with Gasteiger partial charge in [-0.2, -0.15) is 10.2 Å². The first-order valence-corrected chi connectivity index (χ1v) is 14.3. The Labute approximate surface area is 200 Å². The number of azo groups is 1. The van der Waals surface area contributed by atoms with Crippen LogP contribution in [0.25, 0.3) is 0 Å². The van der Waals surface area contributed by atoms with E-state index in [1.54, 1.807) is 7.11 Å². The van der Waals surface area contributed by atoms with E-state index in [-0.39, 0.29) is 0 Å². The summed E-state index contributed by atoms with van der Waals surface area (Å²) >= 11 is 10.6. The molecule has 0 aliphatic rings. The third-order valence-corrected chi connectivity index (χ3v) is 5.81. The van der Waals surface area contributed by atoms with Gasteiger partial charge in [0.05, 0.1) is 31.7 Å². The van der Waals surface area contributed by atoms with Gasteiger partial charge in [-0.1, -0.05) is 38.5 Å². The molecule has 0 saturated carbocycles. The van der Waals surface area contributed by atoms with Gasteiger partial charge in [-0.25, -0.2) is 0 Å². The molecule has 0 bridgehead atoms. The Kier molecular flexibility index (Phi) is 12.7. The Hall–Kier alpha value is -1.59. The summed E-state index contributed by atoms with van der Waals surface area (Å²) in [5, 5.41) is 8.47. The van der Waals surface area contributed by atoms with Crippen LogP contribution in [-0.2, 0) is 9.09 Å². The van der Waals surface area contributed by atoms with Gasteiger partial charge < -0.3 is 14.0 Å². The lowest BCUT2D eigenvalue weighted by Crippen LogP contribution is -1.97. The zero-order valence-electron chi connectivity index (χ0n) is 18.4. The molecule has 0 amide bonds. The molecule has 0 atom stereocenters. The molecule has 0 saturated heterocycles. The molecule has 2 aromatic carbocycles. The summed E-state index contributed by atoms with van der Waals surface area (Å²) in [5.41, 5.74) is 1.55. The Bertz CT molecular complexity index is 842. The summed E-state index contributed by atoms with van der Waals surface area (Å²) in [6.45, 7) is 1.06. The van der Waals surface area contributed by atoms with Crippen LogP contribution in [0.1, 0.15) is 51.4 Å². The van der Waals surface area contributed by atoms with Gasteiger partial charge in [-0.05, 0) is 83.9 Å². The number of ether oxygens (including phenoxy) is 2. The summed E-state index contributed by atoms with van der Waals surface area (Å²) in [7, 11) is 1.63. The lowest BCUT2D eigenvalue weighted by Gasteiger charge is -2.06. The van der Waals surface area contributed by atoms with Crippen molar-refractivity contribution in [2.24, 2.45) is 10.2 Å². The highest BCUT2D eigenvalue weighted by Crippen LogP contribution is 2.57. The van der Waals surface area contributed by atoms with Crippen LogP contribution < -0.4 is 9.47 Å². The van der Waals surface area contributed by atoms with Crippen LogP contribution >= 0.6 is 28.6 Å². The fourth-order valence-electron chi connectivity index (χ4n) is 3.00. The number of hydrogen-bond donors (Lipinski definition) is 0. The van der Waals surface area contributed by atoms with E-state index in [1.165, 1.54) is 19.3 Å². The zero-order chi connectivity index (χ0) is 23.1. The van der Waals surface area contributed by atoms with Gasteiger partial charge in [0.25, 0.3) is 0 Å². The molecule has 176 valence electrons. The quantitative estimate of drug-likeness (QED) is 0.131. The smallest absolute Gasteiger partial charge is 0.380 e. The Morgan fingerprint density at radius 1 is 0.688 bits per heavy atom. The minimum atomic E-state index is -3.37. The van der Waals surface area contributed by atoms with Gasteiger partial charge >= 0.3 is 6.07 Å². The van der Waals surface area contributed by atoms with E-state index in [0.29, 0.717) is 13.2 Å². The largest absolute Gasteiger partial charge is 0.497 e. The average molecular weight is 501 g/mol. The van der Waals surface area contributed by atoms with E-state index < -0.39 is 6.07 Å². The van der Waals surface area contributed by atoms with Gasteiger partial charge in [0.1, 0.15) is 11.5 Å². The maximum atomic E-state index is 11.0. The number of halogens is 2. The summed E-state index contributed by atoms with van der Waals surface area (Å²) in [6.07, 6.45) is 5.42. The van der Waals surface area contributed by atoms with Crippen molar-refractivity contribution in [3.8, 4) is 11.5 Å². The molecular formula is C23H31Cl2N2O4P. The first-order valence-electron chi connectivity index (χ1n) is 10.9. The second-order valence-corrected chi connectivity index (χ2v) is 11.6. The standard InChI is InChI=1S/C23H31Cl2N2O4P/c1-29-22-14-10-20(11-15-22)26-27-21-12-16-23(17-13-21)30-18-8-6-4-2-3-5-7-9-19-31-32(24,25)28/h10-17H,2-9,18-19H2,1H3. The SMILES string of the molecule is COc1ccc(N=Nc2ccc(OCCCCCCCCCCOP(=O)(Cl)Cl)cc2)cc1. The van der Waals surface area contributed by atoms with E-state index in [9.17, 15) is 4.57 Å². The summed E-state index contributed by atoms with van der Waals surface area (Å²) < 4.78 is 26.7. The lowest BCUT2D eigenvalue weighted by molar-refractivity contribution is 0.303. The first kappa shape index (κ1) is 26.7. The molecule has 0 radical (unpaired) electrons. The highest BCUT2D eigenvalue weighted by atomic mass is 35.9. The second-order valence-electron chi connectivity index (χ2n) is 7.32. The molecule has 0 aromatic heterocycles. The normalized spacial score (nSPS) is 11.7. The molecule has 2 rings (SSSR count). The van der Waals surface area contributed by atoms with E-state index >= 15 is 0 Å². The monoisotopic (exact) mass is 500 g/mol. The maximum absolute atomic E-state index is 11.0. The van der Waals surface area contributed by atoms with Gasteiger partial charge in [0.15, 0.2) is 0 Å². The van der Waals surface area contributed by atoms with Crippen molar-refractivity contribution in [3.05, 3.63) is 48.5 Å². The molecule has 0 fully saturated rings. The van der Waals surface area contributed by atoms with Crippen molar-refractivity contribution in [2.45, 2.75) is 51.4 Å². The van der Waals surface area contributed by atoms with Crippen LogP contribution in [0.15, 0.2) is 58.8 Å². The topological polar surface area (TPSA) is 69.5 Å². The molecule has 0 aliphatic carbocycles. The Morgan fingerprint density at radius 3 is 1.59 bits per heavy atom. The third kappa shape index (κ3) is 12.4.